The van der Waals surface area contributed by atoms with E-state index in [1.54, 1.807) is 7.11 Å². The van der Waals surface area contributed by atoms with Crippen LogP contribution in [0.3, 0.4) is 0 Å². The average molecular weight is 115 g/mol. The van der Waals surface area contributed by atoms with Crippen LogP contribution in [0.5, 0.6) is 0 Å². The molecule has 0 amide bonds. The first-order valence-electron chi connectivity index (χ1n) is 3.09. The molecule has 2 nitrogen and oxygen atoms in total. The first-order chi connectivity index (χ1) is 3.84. The minimum absolute atomic E-state index is 0.426. The Bertz CT molecular complexity index is 74.9. The molecule has 2 N–H and O–H groups in total. The van der Waals surface area contributed by atoms with Crippen LogP contribution in [0, 0.1) is 5.92 Å². The van der Waals surface area contributed by atoms with Crippen molar-refractivity contribution in [3.63, 3.8) is 0 Å². The third kappa shape index (κ3) is 1.01. The number of rotatable bonds is 2. The Labute approximate surface area is 50.0 Å². The molecule has 0 bridgehead atoms. The minimum atomic E-state index is 0.426. The zero-order valence-corrected chi connectivity index (χ0v) is 5.26. The fourth-order valence-corrected chi connectivity index (χ4v) is 1.02. The Morgan fingerprint density at radius 1 is 1.62 bits per heavy atom. The fourth-order valence-electron chi connectivity index (χ4n) is 1.02. The van der Waals surface area contributed by atoms with Gasteiger partial charge in [-0.05, 0) is 18.8 Å². The van der Waals surface area contributed by atoms with Gasteiger partial charge in [-0.15, -0.1) is 0 Å². The highest BCUT2D eigenvalue weighted by molar-refractivity contribution is 4.82. The molecule has 8 heavy (non-hydrogen) atoms. The maximum atomic E-state index is 5.63. The van der Waals surface area contributed by atoms with Crippen molar-refractivity contribution in [1.82, 2.24) is 0 Å². The lowest BCUT2D eigenvalue weighted by Crippen LogP contribution is -2.41. The topological polar surface area (TPSA) is 35.2 Å². The van der Waals surface area contributed by atoms with Crippen LogP contribution in [0.2, 0.25) is 0 Å². The zero-order valence-electron chi connectivity index (χ0n) is 5.26. The summed E-state index contributed by atoms with van der Waals surface area (Å²) < 4.78 is 4.94. The predicted octanol–water partition coefficient (Wildman–Crippen LogP) is 0.370. The van der Waals surface area contributed by atoms with Gasteiger partial charge in [0, 0.05) is 13.2 Å². The van der Waals surface area contributed by atoms with Gasteiger partial charge in [0.15, 0.2) is 0 Å². The normalized spacial score (nSPS) is 36.8. The maximum absolute atomic E-state index is 5.63. The van der Waals surface area contributed by atoms with Crippen LogP contribution < -0.4 is 5.73 Å². The van der Waals surface area contributed by atoms with E-state index in [1.807, 2.05) is 0 Å². The number of methoxy groups -OCH3 is 1. The molecule has 0 spiro atoms. The van der Waals surface area contributed by atoms with E-state index >= 15 is 0 Å². The van der Waals surface area contributed by atoms with Crippen LogP contribution in [0.15, 0.2) is 0 Å². The second-order valence-electron chi connectivity index (χ2n) is 2.46. The van der Waals surface area contributed by atoms with E-state index in [4.69, 9.17) is 10.5 Å². The summed E-state index contributed by atoms with van der Waals surface area (Å²) in [6.45, 7) is 0.848. The van der Waals surface area contributed by atoms with Gasteiger partial charge in [0.2, 0.25) is 0 Å². The molecule has 0 heterocycles. The monoisotopic (exact) mass is 115 g/mol. The van der Waals surface area contributed by atoms with Gasteiger partial charge in [-0.1, -0.05) is 0 Å². The molecule has 0 radical (unpaired) electrons. The van der Waals surface area contributed by atoms with Crippen molar-refractivity contribution in [3.8, 4) is 0 Å². The molecule has 2 atom stereocenters. The molecule has 48 valence electrons. The van der Waals surface area contributed by atoms with Crippen LogP contribution in [0.1, 0.15) is 12.8 Å². The number of ether oxygens (including phenoxy) is 1. The van der Waals surface area contributed by atoms with Crippen LogP contribution in [0.25, 0.3) is 0 Å². The zero-order chi connectivity index (χ0) is 5.98. The number of hydrogen-bond donors (Lipinski definition) is 1. The molecule has 1 fully saturated rings. The molecule has 1 aliphatic carbocycles. The molecule has 0 aromatic rings. The van der Waals surface area contributed by atoms with Gasteiger partial charge in [0.05, 0.1) is 6.61 Å². The highest BCUT2D eigenvalue weighted by atomic mass is 16.5. The van der Waals surface area contributed by atoms with Crippen molar-refractivity contribution in [2.24, 2.45) is 11.7 Å². The highest BCUT2D eigenvalue weighted by Gasteiger charge is 2.26. The Morgan fingerprint density at radius 2 is 2.38 bits per heavy atom. The summed E-state index contributed by atoms with van der Waals surface area (Å²) in [6.07, 6.45) is 2.45. The van der Waals surface area contributed by atoms with Gasteiger partial charge in [0.25, 0.3) is 0 Å². The molecule has 1 rings (SSSR count). The Hall–Kier alpha value is -0.0800. The van der Waals surface area contributed by atoms with E-state index < -0.39 is 0 Å². The van der Waals surface area contributed by atoms with E-state index in [-0.39, 0.29) is 0 Å². The predicted molar refractivity (Wildman–Crippen MR) is 32.6 cm³/mol. The van der Waals surface area contributed by atoms with E-state index in [0.29, 0.717) is 12.0 Å². The van der Waals surface area contributed by atoms with Crippen molar-refractivity contribution < 1.29 is 4.74 Å². The molecular weight excluding hydrogens is 102 g/mol. The summed E-state index contributed by atoms with van der Waals surface area (Å²) in [6, 6.07) is 0.426. The molecule has 0 aliphatic heterocycles. The lowest BCUT2D eigenvalue weighted by Gasteiger charge is -2.32. The molecule has 0 saturated heterocycles. The first-order valence-corrected chi connectivity index (χ1v) is 3.09. The summed E-state index contributed by atoms with van der Waals surface area (Å²) >= 11 is 0. The average Bonchev–Trinajstić information content (AvgIpc) is 1.79. The van der Waals surface area contributed by atoms with Gasteiger partial charge < -0.3 is 10.5 Å². The molecule has 1 aliphatic rings. The molecule has 0 aromatic carbocycles. The van der Waals surface area contributed by atoms with Crippen molar-refractivity contribution in [3.05, 3.63) is 0 Å². The lowest BCUT2D eigenvalue weighted by molar-refractivity contribution is 0.0945. The van der Waals surface area contributed by atoms with E-state index in [0.717, 1.165) is 6.61 Å². The molecule has 0 unspecified atom stereocenters. The van der Waals surface area contributed by atoms with E-state index in [9.17, 15) is 0 Å². The van der Waals surface area contributed by atoms with Gasteiger partial charge >= 0.3 is 0 Å². The summed E-state index contributed by atoms with van der Waals surface area (Å²) in [7, 11) is 1.73. The molecular formula is C6H13NO. The van der Waals surface area contributed by atoms with Gasteiger partial charge in [-0.25, -0.2) is 0 Å². The van der Waals surface area contributed by atoms with Crippen molar-refractivity contribution in [2.45, 2.75) is 18.9 Å². The van der Waals surface area contributed by atoms with Crippen molar-refractivity contribution in [1.29, 1.82) is 0 Å². The van der Waals surface area contributed by atoms with Crippen LogP contribution in [-0.4, -0.2) is 19.8 Å². The lowest BCUT2D eigenvalue weighted by atomic mass is 9.81. The minimum Gasteiger partial charge on any atom is -0.384 e. The van der Waals surface area contributed by atoms with Crippen LogP contribution in [-0.2, 0) is 4.74 Å². The van der Waals surface area contributed by atoms with Crippen molar-refractivity contribution >= 4 is 0 Å². The summed E-state index contributed by atoms with van der Waals surface area (Å²) in [5.74, 6) is 0.653. The van der Waals surface area contributed by atoms with E-state index in [1.165, 1.54) is 12.8 Å². The smallest absolute Gasteiger partial charge is 0.0505 e. The SMILES string of the molecule is COC[C@@H]1CC[C@H]1N. The molecule has 0 aromatic heterocycles. The molecule has 1 saturated carbocycles. The standard InChI is InChI=1S/C6H13NO/c1-8-4-5-2-3-6(5)7/h5-6H,2-4,7H2,1H3/t5-,6+/m0/s1. The van der Waals surface area contributed by atoms with Gasteiger partial charge in [0.1, 0.15) is 0 Å². The van der Waals surface area contributed by atoms with E-state index in [2.05, 4.69) is 0 Å². The Kier molecular flexibility index (Phi) is 1.86. The maximum Gasteiger partial charge on any atom is 0.0505 e. The van der Waals surface area contributed by atoms with Gasteiger partial charge in [-0.2, -0.15) is 0 Å². The third-order valence-corrected chi connectivity index (χ3v) is 1.86. The fraction of sp³-hybridized carbons (Fsp3) is 1.00. The first kappa shape index (κ1) is 6.05. The van der Waals surface area contributed by atoms with Gasteiger partial charge in [-0.3, -0.25) is 0 Å². The largest absolute Gasteiger partial charge is 0.384 e. The van der Waals surface area contributed by atoms with Crippen LogP contribution >= 0.6 is 0 Å². The molecule has 2 heteroatoms. The summed E-state index contributed by atoms with van der Waals surface area (Å²) in [5.41, 5.74) is 5.63. The number of nitrogens with two attached hydrogens (primary N) is 1. The number of hydrogen-bond acceptors (Lipinski definition) is 2. The Balaban J connectivity index is 2.08. The van der Waals surface area contributed by atoms with Crippen molar-refractivity contribution in [2.75, 3.05) is 13.7 Å². The quantitative estimate of drug-likeness (QED) is 0.564. The second kappa shape index (κ2) is 2.46. The van der Waals surface area contributed by atoms with Crippen LogP contribution in [0.4, 0.5) is 0 Å². The summed E-state index contributed by atoms with van der Waals surface area (Å²) in [5, 5.41) is 0. The third-order valence-electron chi connectivity index (χ3n) is 1.86. The second-order valence-corrected chi connectivity index (χ2v) is 2.46. The summed E-state index contributed by atoms with van der Waals surface area (Å²) in [4.78, 5) is 0. The Morgan fingerprint density at radius 3 is 2.50 bits per heavy atom. The highest BCUT2D eigenvalue weighted by Crippen LogP contribution is 2.24.